The lowest BCUT2D eigenvalue weighted by Gasteiger charge is -2.26. The molecule has 0 unspecified atom stereocenters. The van der Waals surface area contributed by atoms with E-state index < -0.39 is 0 Å². The lowest BCUT2D eigenvalue weighted by atomic mass is 10.1. The van der Waals surface area contributed by atoms with Gasteiger partial charge in [-0.05, 0) is 73.5 Å². The first-order valence-corrected chi connectivity index (χ1v) is 12.3. The van der Waals surface area contributed by atoms with Crippen molar-refractivity contribution in [3.63, 3.8) is 0 Å². The van der Waals surface area contributed by atoms with Crippen LogP contribution in [0.4, 0.5) is 0 Å². The number of pyridine rings is 3. The van der Waals surface area contributed by atoms with Crippen LogP contribution >= 0.6 is 0 Å². The van der Waals surface area contributed by atoms with Gasteiger partial charge in [0.1, 0.15) is 16.9 Å². The van der Waals surface area contributed by atoms with E-state index in [9.17, 15) is 0 Å². The molecule has 1 fully saturated rings. The fraction of sp³-hybridized carbons (Fsp3) is 0.214. The number of rotatable bonds is 5. The number of aromatic nitrogens is 6. The number of aromatic amines is 2. The molecule has 178 valence electrons. The Morgan fingerprint density at radius 3 is 2.81 bits per heavy atom. The monoisotopic (exact) mass is 475 g/mol. The average molecular weight is 476 g/mol. The molecular formula is C28H25N7O. The van der Waals surface area contributed by atoms with Crippen LogP contribution in [0.25, 0.3) is 55.8 Å². The molecule has 0 saturated carbocycles. The molecule has 0 spiro atoms. The Hall–Kier alpha value is -4.30. The lowest BCUT2D eigenvalue weighted by Crippen LogP contribution is -2.29. The van der Waals surface area contributed by atoms with Crippen molar-refractivity contribution in [3.05, 3.63) is 73.1 Å². The summed E-state index contributed by atoms with van der Waals surface area (Å²) in [7, 11) is 0. The molecule has 7 heterocycles. The van der Waals surface area contributed by atoms with Crippen molar-refractivity contribution in [2.75, 3.05) is 13.1 Å². The highest BCUT2D eigenvalue weighted by Gasteiger charge is 2.17. The molecule has 8 heteroatoms. The van der Waals surface area contributed by atoms with Crippen LogP contribution in [-0.4, -0.2) is 48.1 Å². The summed E-state index contributed by atoms with van der Waals surface area (Å²) in [6.45, 7) is 3.25. The summed E-state index contributed by atoms with van der Waals surface area (Å²) in [4.78, 5) is 20.0. The normalized spacial score (nSPS) is 14.7. The second-order valence-corrected chi connectivity index (χ2v) is 9.40. The van der Waals surface area contributed by atoms with E-state index in [1.54, 1.807) is 18.7 Å². The number of fused-ring (bicyclic) bond motifs is 2. The van der Waals surface area contributed by atoms with Gasteiger partial charge in [-0.15, -0.1) is 0 Å². The molecule has 1 aliphatic heterocycles. The van der Waals surface area contributed by atoms with Crippen LogP contribution in [0, 0.1) is 0 Å². The summed E-state index contributed by atoms with van der Waals surface area (Å²) in [5, 5.41) is 8.73. The molecular weight excluding hydrogens is 450 g/mol. The van der Waals surface area contributed by atoms with E-state index in [0.717, 1.165) is 75.5 Å². The van der Waals surface area contributed by atoms with Gasteiger partial charge in [-0.2, -0.15) is 5.10 Å². The van der Waals surface area contributed by atoms with E-state index in [2.05, 4.69) is 42.2 Å². The number of furan rings is 1. The second-order valence-electron chi connectivity index (χ2n) is 9.40. The van der Waals surface area contributed by atoms with Gasteiger partial charge in [0.25, 0.3) is 0 Å². The Bertz CT molecular complexity index is 1660. The highest BCUT2D eigenvalue weighted by molar-refractivity contribution is 5.98. The summed E-state index contributed by atoms with van der Waals surface area (Å²) >= 11 is 0. The molecule has 8 nitrogen and oxygen atoms in total. The maximum absolute atomic E-state index is 5.29. The topological polar surface area (TPSA) is 99.5 Å². The lowest BCUT2D eigenvalue weighted by molar-refractivity contribution is 0.220. The van der Waals surface area contributed by atoms with E-state index in [1.807, 2.05) is 36.7 Å². The Labute approximate surface area is 207 Å². The van der Waals surface area contributed by atoms with Gasteiger partial charge < -0.3 is 9.40 Å². The van der Waals surface area contributed by atoms with E-state index in [1.165, 1.54) is 24.8 Å². The molecule has 7 rings (SSSR count). The third-order valence-corrected chi connectivity index (χ3v) is 6.97. The van der Waals surface area contributed by atoms with Crippen molar-refractivity contribution in [1.82, 2.24) is 35.0 Å². The van der Waals surface area contributed by atoms with E-state index in [0.29, 0.717) is 0 Å². The zero-order chi connectivity index (χ0) is 23.9. The van der Waals surface area contributed by atoms with Gasteiger partial charge in [-0.3, -0.25) is 15.0 Å². The van der Waals surface area contributed by atoms with Crippen LogP contribution in [0.5, 0.6) is 0 Å². The molecule has 2 N–H and O–H groups in total. The molecule has 0 bridgehead atoms. The zero-order valence-corrected chi connectivity index (χ0v) is 19.7. The molecule has 6 aromatic heterocycles. The molecule has 0 aliphatic carbocycles. The third kappa shape index (κ3) is 3.76. The first-order valence-electron chi connectivity index (χ1n) is 12.3. The van der Waals surface area contributed by atoms with Crippen molar-refractivity contribution in [1.29, 1.82) is 0 Å². The van der Waals surface area contributed by atoms with Crippen LogP contribution < -0.4 is 0 Å². The molecule has 0 aromatic carbocycles. The number of nitrogens with zero attached hydrogens (tertiary/aromatic N) is 5. The molecule has 0 radical (unpaired) electrons. The quantitative estimate of drug-likeness (QED) is 0.326. The van der Waals surface area contributed by atoms with Crippen LogP contribution in [0.3, 0.4) is 0 Å². The van der Waals surface area contributed by atoms with Gasteiger partial charge in [-0.25, -0.2) is 9.97 Å². The highest BCUT2D eigenvalue weighted by atomic mass is 16.3. The number of nitrogens with one attached hydrogen (secondary N) is 2. The zero-order valence-electron chi connectivity index (χ0n) is 19.7. The largest absolute Gasteiger partial charge is 0.472 e. The first-order chi connectivity index (χ1) is 17.8. The molecule has 0 atom stereocenters. The van der Waals surface area contributed by atoms with E-state index in [4.69, 9.17) is 9.40 Å². The van der Waals surface area contributed by atoms with Crippen LogP contribution in [0.2, 0.25) is 0 Å². The SMILES string of the molecule is c1cc(-c2ccoc2)c2cc(-c3n[nH]c4ccc(-c5cncc(CN6CCCCC6)c5)nc34)[nH]c2n1. The summed E-state index contributed by atoms with van der Waals surface area (Å²) in [6, 6.07) is 12.3. The van der Waals surface area contributed by atoms with Gasteiger partial charge in [0, 0.05) is 41.6 Å². The predicted molar refractivity (Wildman–Crippen MR) is 139 cm³/mol. The maximum Gasteiger partial charge on any atom is 0.138 e. The first kappa shape index (κ1) is 21.0. The van der Waals surface area contributed by atoms with Gasteiger partial charge in [-0.1, -0.05) is 6.42 Å². The molecule has 1 saturated heterocycles. The molecule has 0 amide bonds. The van der Waals surface area contributed by atoms with Crippen LogP contribution in [0.1, 0.15) is 24.8 Å². The van der Waals surface area contributed by atoms with Crippen molar-refractivity contribution >= 4 is 22.1 Å². The summed E-state index contributed by atoms with van der Waals surface area (Å²) in [5.74, 6) is 0. The van der Waals surface area contributed by atoms with Crippen molar-refractivity contribution in [2.45, 2.75) is 25.8 Å². The van der Waals surface area contributed by atoms with Gasteiger partial charge in [0.05, 0.1) is 29.4 Å². The number of H-pyrrole nitrogens is 2. The molecule has 36 heavy (non-hydrogen) atoms. The Morgan fingerprint density at radius 2 is 1.92 bits per heavy atom. The summed E-state index contributed by atoms with van der Waals surface area (Å²) in [6.07, 6.45) is 13.0. The second kappa shape index (κ2) is 8.73. The van der Waals surface area contributed by atoms with Gasteiger partial charge in [0.15, 0.2) is 0 Å². The molecule has 6 aromatic rings. The van der Waals surface area contributed by atoms with Crippen LogP contribution in [0.15, 0.2) is 71.9 Å². The van der Waals surface area contributed by atoms with Crippen molar-refractivity contribution in [3.8, 4) is 33.8 Å². The fourth-order valence-corrected chi connectivity index (χ4v) is 5.16. The third-order valence-electron chi connectivity index (χ3n) is 6.97. The standard InChI is InChI=1S/C28H25N7O/c1-2-9-35(10-3-1)16-18-12-20(15-29-14-18)23-4-5-24-26(31-23)27(34-33-24)25-13-22-21(19-7-11-36-17-19)6-8-30-28(22)32-25/h4-8,11-15,17H,1-3,9-10,16H2,(H,30,32)(H,33,34). The van der Waals surface area contributed by atoms with E-state index in [-0.39, 0.29) is 0 Å². The Morgan fingerprint density at radius 1 is 0.972 bits per heavy atom. The van der Waals surface area contributed by atoms with Crippen molar-refractivity contribution < 1.29 is 4.42 Å². The maximum atomic E-state index is 5.29. The predicted octanol–water partition coefficient (Wildman–Crippen LogP) is 5.81. The fourth-order valence-electron chi connectivity index (χ4n) is 5.16. The Balaban J connectivity index is 1.26. The van der Waals surface area contributed by atoms with Gasteiger partial charge >= 0.3 is 0 Å². The minimum absolute atomic E-state index is 0.764. The average Bonchev–Trinajstić information content (AvgIpc) is 3.68. The number of hydrogen-bond donors (Lipinski definition) is 2. The smallest absolute Gasteiger partial charge is 0.138 e. The van der Waals surface area contributed by atoms with Crippen LogP contribution in [-0.2, 0) is 6.54 Å². The minimum Gasteiger partial charge on any atom is -0.472 e. The Kier molecular flexibility index (Phi) is 5.10. The summed E-state index contributed by atoms with van der Waals surface area (Å²) in [5.41, 5.74) is 9.30. The van der Waals surface area contributed by atoms with Crippen molar-refractivity contribution in [2.24, 2.45) is 0 Å². The van der Waals surface area contributed by atoms with Gasteiger partial charge in [0.2, 0.25) is 0 Å². The number of piperidine rings is 1. The molecule has 1 aliphatic rings. The van der Waals surface area contributed by atoms with E-state index >= 15 is 0 Å². The number of hydrogen-bond acceptors (Lipinski definition) is 6. The minimum atomic E-state index is 0.764. The number of likely N-dealkylation sites (tertiary alicyclic amines) is 1. The highest BCUT2D eigenvalue weighted by Crippen LogP contribution is 2.33. The summed E-state index contributed by atoms with van der Waals surface area (Å²) < 4.78 is 5.29.